The first-order valence-corrected chi connectivity index (χ1v) is 17.7. The van der Waals surface area contributed by atoms with Crippen molar-refractivity contribution in [2.75, 3.05) is 32.8 Å². The van der Waals surface area contributed by atoms with Crippen molar-refractivity contribution in [1.82, 2.24) is 13.6 Å². The molecule has 2 aliphatic heterocycles. The molecule has 218 valence electrons. The molecule has 0 aliphatic carbocycles. The van der Waals surface area contributed by atoms with Crippen molar-refractivity contribution in [3.8, 4) is 11.5 Å². The van der Waals surface area contributed by atoms with E-state index in [1.54, 1.807) is 25.2 Å². The number of fused-ring (bicyclic) bond motifs is 1. The summed E-state index contributed by atoms with van der Waals surface area (Å²) in [5.74, 6) is 0.252. The molecule has 0 N–H and O–H groups in total. The number of para-hydroxylation sites is 1. The molecule has 3 aromatic rings. The van der Waals surface area contributed by atoms with Gasteiger partial charge in [0.2, 0.25) is 20.0 Å². The molecule has 9 nitrogen and oxygen atoms in total. The second-order valence-electron chi connectivity index (χ2n) is 10.3. The lowest BCUT2D eigenvalue weighted by atomic mass is 9.99. The largest absolute Gasteiger partial charge is 0.492 e. The number of benzene rings is 2. The lowest BCUT2D eigenvalue weighted by molar-refractivity contribution is 0.265. The Hall–Kier alpha value is -2.25. The average Bonchev–Trinajstić information content (AvgIpc) is 3.38. The third-order valence-electron chi connectivity index (χ3n) is 7.67. The van der Waals surface area contributed by atoms with Gasteiger partial charge in [0.25, 0.3) is 0 Å². The number of nitrogens with zero attached hydrogens (tertiary/aromatic N) is 3. The van der Waals surface area contributed by atoms with Crippen LogP contribution in [0.3, 0.4) is 0 Å². The Morgan fingerprint density at radius 2 is 1.50 bits per heavy atom. The van der Waals surface area contributed by atoms with Crippen LogP contribution in [0.15, 0.2) is 46.2 Å². The quantitative estimate of drug-likeness (QED) is 0.328. The highest BCUT2D eigenvalue weighted by atomic mass is 32.2. The number of piperidine rings is 2. The molecule has 3 heterocycles. The highest BCUT2D eigenvalue weighted by Gasteiger charge is 2.38. The Bertz CT molecular complexity index is 1530. The molecule has 0 saturated carbocycles. The van der Waals surface area contributed by atoms with E-state index in [4.69, 9.17) is 14.5 Å². The van der Waals surface area contributed by atoms with Gasteiger partial charge in [-0.3, -0.25) is 0 Å². The van der Waals surface area contributed by atoms with Gasteiger partial charge >= 0.3 is 0 Å². The Labute approximate surface area is 241 Å². The van der Waals surface area contributed by atoms with E-state index in [1.807, 2.05) is 25.1 Å². The molecule has 0 amide bonds. The molecule has 0 radical (unpaired) electrons. The number of thiazole rings is 1. The highest BCUT2D eigenvalue weighted by Crippen LogP contribution is 2.41. The third-order valence-corrected chi connectivity index (χ3v) is 12.8. The molecule has 40 heavy (non-hydrogen) atoms. The van der Waals surface area contributed by atoms with Crippen molar-refractivity contribution in [2.24, 2.45) is 0 Å². The fraction of sp³-hybridized carbons (Fsp3) is 0.536. The molecule has 0 bridgehead atoms. The Kier molecular flexibility index (Phi) is 8.72. The van der Waals surface area contributed by atoms with Crippen molar-refractivity contribution >= 4 is 41.6 Å². The number of aromatic nitrogens is 1. The topological polar surface area (TPSA) is 106 Å². The van der Waals surface area contributed by atoms with E-state index in [0.29, 0.717) is 32.5 Å². The van der Waals surface area contributed by atoms with Gasteiger partial charge in [0, 0.05) is 43.7 Å². The first-order valence-electron chi connectivity index (χ1n) is 14.0. The monoisotopic (exact) mass is 607 g/mol. The lowest BCUT2D eigenvalue weighted by Gasteiger charge is -2.33. The van der Waals surface area contributed by atoms with E-state index in [-0.39, 0.29) is 46.5 Å². The van der Waals surface area contributed by atoms with Crippen LogP contribution in [0.1, 0.15) is 63.8 Å². The molecule has 0 spiro atoms. The molecular weight excluding hydrogens is 571 g/mol. The number of hydrogen-bond donors (Lipinski definition) is 0. The van der Waals surface area contributed by atoms with Crippen LogP contribution in [-0.4, -0.2) is 69.3 Å². The molecule has 1 aromatic heterocycles. The SMILES string of the molecule is CCOc1cc(S(=O)(=O)N2CCCC[C@H]2C)c(OCC)cc1S(=O)(=O)N1CCC(c2nc3ccccc3s2)CC1. The van der Waals surface area contributed by atoms with E-state index in [0.717, 1.165) is 34.5 Å². The van der Waals surface area contributed by atoms with Crippen molar-refractivity contribution in [3.05, 3.63) is 41.4 Å². The molecule has 5 rings (SSSR count). The summed E-state index contributed by atoms with van der Waals surface area (Å²) in [5, 5.41) is 1.04. The smallest absolute Gasteiger partial charge is 0.247 e. The first kappa shape index (κ1) is 29.2. The maximum Gasteiger partial charge on any atom is 0.247 e. The molecule has 2 aromatic carbocycles. The van der Waals surface area contributed by atoms with Gasteiger partial charge in [-0.2, -0.15) is 8.61 Å². The minimum atomic E-state index is -3.98. The van der Waals surface area contributed by atoms with Gasteiger partial charge in [-0.25, -0.2) is 21.8 Å². The zero-order valence-corrected chi connectivity index (χ0v) is 25.7. The fourth-order valence-corrected chi connectivity index (χ4v) is 10.1. The maximum absolute atomic E-state index is 14.0. The average molecular weight is 608 g/mol. The predicted molar refractivity (Wildman–Crippen MR) is 156 cm³/mol. The molecular formula is C28H37N3O6S3. The molecule has 2 fully saturated rings. The van der Waals surface area contributed by atoms with Crippen molar-refractivity contribution in [3.63, 3.8) is 0 Å². The summed E-state index contributed by atoms with van der Waals surface area (Å²) in [4.78, 5) is 4.66. The normalized spacial score (nSPS) is 20.1. The lowest BCUT2D eigenvalue weighted by Crippen LogP contribution is -2.42. The van der Waals surface area contributed by atoms with Crippen LogP contribution in [0.2, 0.25) is 0 Å². The van der Waals surface area contributed by atoms with Gasteiger partial charge in [0.1, 0.15) is 21.3 Å². The van der Waals surface area contributed by atoms with Crippen LogP contribution in [0.5, 0.6) is 11.5 Å². The summed E-state index contributed by atoms with van der Waals surface area (Å²) in [5.41, 5.74) is 0.969. The van der Waals surface area contributed by atoms with E-state index in [2.05, 4.69) is 6.07 Å². The minimum absolute atomic E-state index is 0.0301. The standard InChI is InChI=1S/C28H37N3O6S3/c1-4-36-23-19-27(40(34,35)31-15-9-8-10-20(31)3)24(37-5-2)18-26(23)39(32,33)30-16-13-21(14-17-30)28-29-22-11-6-7-12-25(22)38-28/h6-7,11-12,18-21H,4-5,8-10,13-17H2,1-3H3/t20-/m1/s1. The molecule has 1 atom stereocenters. The van der Waals surface area contributed by atoms with E-state index < -0.39 is 20.0 Å². The van der Waals surface area contributed by atoms with Crippen LogP contribution >= 0.6 is 11.3 Å². The fourth-order valence-electron chi connectivity index (χ4n) is 5.56. The van der Waals surface area contributed by atoms with Crippen LogP contribution in [0, 0.1) is 0 Å². The number of rotatable bonds is 9. The summed E-state index contributed by atoms with van der Waals surface area (Å²) in [6.07, 6.45) is 3.84. The van der Waals surface area contributed by atoms with Gasteiger partial charge in [0.05, 0.1) is 28.4 Å². The number of hydrogen-bond acceptors (Lipinski definition) is 8. The van der Waals surface area contributed by atoms with Gasteiger partial charge in [0.15, 0.2) is 0 Å². The Morgan fingerprint density at radius 1 is 0.875 bits per heavy atom. The van der Waals surface area contributed by atoms with Crippen molar-refractivity contribution in [2.45, 2.75) is 74.6 Å². The molecule has 2 saturated heterocycles. The van der Waals surface area contributed by atoms with E-state index >= 15 is 0 Å². The Balaban J connectivity index is 1.45. The van der Waals surface area contributed by atoms with Crippen LogP contribution in [-0.2, 0) is 20.0 Å². The zero-order chi connectivity index (χ0) is 28.5. The van der Waals surface area contributed by atoms with Crippen molar-refractivity contribution in [1.29, 1.82) is 0 Å². The van der Waals surface area contributed by atoms with Crippen LogP contribution in [0.4, 0.5) is 0 Å². The summed E-state index contributed by atoms with van der Waals surface area (Å²) < 4.78 is 71.1. The highest BCUT2D eigenvalue weighted by molar-refractivity contribution is 7.89. The predicted octanol–water partition coefficient (Wildman–Crippen LogP) is 5.23. The second kappa shape index (κ2) is 11.9. The molecule has 2 aliphatic rings. The number of sulfonamides is 2. The van der Waals surface area contributed by atoms with Crippen molar-refractivity contribution < 1.29 is 26.3 Å². The third kappa shape index (κ3) is 5.61. The maximum atomic E-state index is 14.0. The van der Waals surface area contributed by atoms with Crippen LogP contribution in [0.25, 0.3) is 10.2 Å². The first-order chi connectivity index (χ1) is 19.2. The van der Waals surface area contributed by atoms with E-state index in [1.165, 1.54) is 20.7 Å². The zero-order valence-electron chi connectivity index (χ0n) is 23.2. The summed E-state index contributed by atoms with van der Waals surface area (Å²) in [7, 11) is -7.91. The minimum Gasteiger partial charge on any atom is -0.492 e. The van der Waals surface area contributed by atoms with Gasteiger partial charge in [-0.05, 0) is 58.6 Å². The molecule has 0 unspecified atom stereocenters. The molecule has 12 heteroatoms. The van der Waals surface area contributed by atoms with E-state index in [9.17, 15) is 16.8 Å². The summed E-state index contributed by atoms with van der Waals surface area (Å²) >= 11 is 1.66. The van der Waals surface area contributed by atoms with Crippen LogP contribution < -0.4 is 9.47 Å². The summed E-state index contributed by atoms with van der Waals surface area (Å²) in [6, 6.07) is 10.5. The number of ether oxygens (including phenoxy) is 2. The second-order valence-corrected chi connectivity index (χ2v) is 15.1. The van der Waals surface area contributed by atoms with Gasteiger partial charge in [-0.15, -0.1) is 11.3 Å². The van der Waals surface area contributed by atoms with Gasteiger partial charge < -0.3 is 9.47 Å². The Morgan fingerprint density at radius 3 is 2.10 bits per heavy atom. The van der Waals surface area contributed by atoms with Gasteiger partial charge in [-0.1, -0.05) is 18.6 Å². The summed E-state index contributed by atoms with van der Waals surface area (Å²) in [6.45, 7) is 6.87.